The number of furan rings is 1. The summed E-state index contributed by atoms with van der Waals surface area (Å²) >= 11 is 0. The highest BCUT2D eigenvalue weighted by Crippen LogP contribution is 2.40. The molecular weight excluding hydrogens is 655 g/mol. The van der Waals surface area contributed by atoms with Gasteiger partial charge in [-0.25, -0.2) is 15.0 Å². The van der Waals surface area contributed by atoms with E-state index in [1.54, 1.807) is 11.9 Å². The number of anilines is 2. The predicted molar refractivity (Wildman–Crippen MR) is 216 cm³/mol. The largest absolute Gasteiger partial charge is 0.455 e. The number of rotatable bonds is 8. The van der Waals surface area contributed by atoms with Crippen molar-refractivity contribution in [1.29, 1.82) is 0 Å². The van der Waals surface area contributed by atoms with Gasteiger partial charge < -0.3 is 14.6 Å². The summed E-state index contributed by atoms with van der Waals surface area (Å²) in [5, 5.41) is 7.62. The Labute approximate surface area is 306 Å². The van der Waals surface area contributed by atoms with Crippen molar-refractivity contribution in [2.75, 3.05) is 24.3 Å². The molecule has 0 radical (unpaired) electrons. The molecule has 0 aliphatic carbocycles. The first-order chi connectivity index (χ1) is 26.1. The number of benzene rings is 7. The topological polar surface area (TPSA) is 84.2 Å². The molecule has 7 nitrogen and oxygen atoms in total. The van der Waals surface area contributed by atoms with Crippen molar-refractivity contribution in [2.24, 2.45) is 0 Å². The lowest BCUT2D eigenvalue weighted by atomic mass is 9.97. The quantitative estimate of drug-likeness (QED) is 0.160. The number of nitrogens with one attached hydrogen (secondary N) is 1. The van der Waals surface area contributed by atoms with E-state index in [1.165, 1.54) is 0 Å². The minimum atomic E-state index is 0.582. The van der Waals surface area contributed by atoms with E-state index in [1.807, 2.05) is 79.8 Å². The highest BCUT2D eigenvalue weighted by molar-refractivity contribution is 6.19. The van der Waals surface area contributed by atoms with E-state index in [0.29, 0.717) is 17.5 Å². The number of carbonyl (C=O) groups excluding carboxylic acids is 1. The van der Waals surface area contributed by atoms with Crippen LogP contribution in [0.25, 0.3) is 89.1 Å². The number of nitrogens with zero attached hydrogens (tertiary/aromatic N) is 4. The molecule has 0 saturated carbocycles. The van der Waals surface area contributed by atoms with Crippen LogP contribution in [0.4, 0.5) is 11.4 Å². The lowest BCUT2D eigenvalue weighted by molar-refractivity contribution is -0.107. The van der Waals surface area contributed by atoms with Crippen molar-refractivity contribution in [3.05, 3.63) is 152 Å². The third-order valence-electron chi connectivity index (χ3n) is 9.79. The van der Waals surface area contributed by atoms with Crippen molar-refractivity contribution >= 4 is 50.5 Å². The van der Waals surface area contributed by atoms with E-state index >= 15 is 0 Å². The fourth-order valence-corrected chi connectivity index (χ4v) is 7.03. The van der Waals surface area contributed by atoms with Crippen LogP contribution in [0.2, 0.25) is 0 Å². The highest BCUT2D eigenvalue weighted by Gasteiger charge is 2.17. The average molecular weight is 688 g/mol. The standard InChI is InChI=1S/C46H33N5O2/c1-47-39-26-24-35(27-40(39)51(2)28-52)29-15-19-33(20-16-29)45-48-44(32-10-4-3-5-11-32)49-46(50-45)34-21-17-31(18-22-34)36-13-8-14-41-42(36)38-25-23-30-9-6-7-12-37(30)43(38)53-41/h3-28,47H,1-2H3. The van der Waals surface area contributed by atoms with Crippen LogP contribution >= 0.6 is 0 Å². The maximum Gasteiger partial charge on any atom is 0.213 e. The fraction of sp³-hybridized carbons (Fsp3) is 0.0435. The van der Waals surface area contributed by atoms with E-state index in [0.717, 1.165) is 89.4 Å². The molecule has 0 saturated heterocycles. The van der Waals surface area contributed by atoms with Gasteiger partial charge in [0.2, 0.25) is 6.41 Å². The molecule has 0 bridgehead atoms. The molecular formula is C46H33N5O2. The van der Waals surface area contributed by atoms with Crippen molar-refractivity contribution in [2.45, 2.75) is 0 Å². The van der Waals surface area contributed by atoms with Gasteiger partial charge in [-0.05, 0) is 51.9 Å². The Hall–Kier alpha value is -7.12. The van der Waals surface area contributed by atoms with Crippen LogP contribution in [0.1, 0.15) is 0 Å². The summed E-state index contributed by atoms with van der Waals surface area (Å²) in [5.74, 6) is 1.77. The van der Waals surface area contributed by atoms with Gasteiger partial charge in [0.05, 0.1) is 11.4 Å². The smallest absolute Gasteiger partial charge is 0.213 e. The summed E-state index contributed by atoms with van der Waals surface area (Å²) in [6.45, 7) is 0. The fourth-order valence-electron chi connectivity index (χ4n) is 7.03. The molecule has 2 heterocycles. The Bertz CT molecular complexity index is 2790. The molecule has 9 aromatic rings. The second-order valence-corrected chi connectivity index (χ2v) is 13.0. The Morgan fingerprint density at radius 1 is 0.566 bits per heavy atom. The van der Waals surface area contributed by atoms with Crippen LogP contribution in [0.3, 0.4) is 0 Å². The first kappa shape index (κ1) is 31.8. The normalized spacial score (nSPS) is 11.3. The summed E-state index contributed by atoms with van der Waals surface area (Å²) in [5.41, 5.74) is 10.3. The summed E-state index contributed by atoms with van der Waals surface area (Å²) in [4.78, 5) is 28.0. The highest BCUT2D eigenvalue weighted by atomic mass is 16.3. The van der Waals surface area contributed by atoms with Gasteiger partial charge in [0, 0.05) is 46.9 Å². The predicted octanol–water partition coefficient (Wildman–Crippen LogP) is 10.9. The van der Waals surface area contributed by atoms with E-state index in [-0.39, 0.29) is 0 Å². The molecule has 1 amide bonds. The average Bonchev–Trinajstić information content (AvgIpc) is 3.63. The molecule has 7 aromatic carbocycles. The summed E-state index contributed by atoms with van der Waals surface area (Å²) in [7, 11) is 3.59. The zero-order valence-electron chi connectivity index (χ0n) is 29.1. The number of hydrogen-bond acceptors (Lipinski definition) is 6. The molecule has 0 fully saturated rings. The second kappa shape index (κ2) is 13.2. The molecule has 254 valence electrons. The molecule has 7 heteroatoms. The molecule has 0 unspecified atom stereocenters. The van der Waals surface area contributed by atoms with Crippen LogP contribution in [0.15, 0.2) is 156 Å². The number of aromatic nitrogens is 3. The van der Waals surface area contributed by atoms with Crippen molar-refractivity contribution in [3.8, 4) is 56.4 Å². The first-order valence-corrected chi connectivity index (χ1v) is 17.4. The summed E-state index contributed by atoms with van der Waals surface area (Å²) in [6, 6.07) is 51.5. The van der Waals surface area contributed by atoms with Crippen molar-refractivity contribution < 1.29 is 9.21 Å². The third-order valence-corrected chi connectivity index (χ3v) is 9.79. The van der Waals surface area contributed by atoms with E-state index in [2.05, 4.69) is 84.2 Å². The maximum atomic E-state index is 11.6. The molecule has 0 atom stereocenters. The number of amides is 1. The molecule has 1 N–H and O–H groups in total. The van der Waals surface area contributed by atoms with Gasteiger partial charge in [-0.3, -0.25) is 4.79 Å². The lowest BCUT2D eigenvalue weighted by Gasteiger charge is -2.17. The van der Waals surface area contributed by atoms with E-state index < -0.39 is 0 Å². The van der Waals surface area contributed by atoms with Gasteiger partial charge in [-0.1, -0.05) is 127 Å². The van der Waals surface area contributed by atoms with E-state index in [4.69, 9.17) is 19.4 Å². The van der Waals surface area contributed by atoms with Crippen LogP contribution in [0.5, 0.6) is 0 Å². The van der Waals surface area contributed by atoms with Crippen LogP contribution < -0.4 is 10.2 Å². The third kappa shape index (κ3) is 5.74. The SMILES string of the molecule is CNc1ccc(-c2ccc(-c3nc(-c4ccccc4)nc(-c4ccc(-c5cccc6oc7c8ccccc8ccc7c56)cc4)n3)cc2)cc1N(C)C=O. The number of fused-ring (bicyclic) bond motifs is 5. The second-order valence-electron chi connectivity index (χ2n) is 13.0. The van der Waals surface area contributed by atoms with Crippen LogP contribution in [0, 0.1) is 0 Å². The Kier molecular flexibility index (Phi) is 7.93. The van der Waals surface area contributed by atoms with Gasteiger partial charge in [0.1, 0.15) is 11.2 Å². The first-order valence-electron chi connectivity index (χ1n) is 17.4. The summed E-state index contributed by atoms with van der Waals surface area (Å²) < 4.78 is 6.45. The zero-order chi connectivity index (χ0) is 35.9. The zero-order valence-corrected chi connectivity index (χ0v) is 29.1. The molecule has 0 aliphatic rings. The van der Waals surface area contributed by atoms with Gasteiger partial charge in [-0.2, -0.15) is 0 Å². The molecule has 2 aromatic heterocycles. The van der Waals surface area contributed by atoms with Gasteiger partial charge in [0.25, 0.3) is 0 Å². The molecule has 0 aliphatic heterocycles. The minimum absolute atomic E-state index is 0.582. The minimum Gasteiger partial charge on any atom is -0.455 e. The molecule has 9 rings (SSSR count). The Balaban J connectivity index is 1.10. The van der Waals surface area contributed by atoms with E-state index in [9.17, 15) is 4.79 Å². The van der Waals surface area contributed by atoms with Gasteiger partial charge >= 0.3 is 0 Å². The number of hydrogen-bond donors (Lipinski definition) is 1. The van der Waals surface area contributed by atoms with Crippen molar-refractivity contribution in [1.82, 2.24) is 15.0 Å². The van der Waals surface area contributed by atoms with Crippen LogP contribution in [-0.2, 0) is 4.79 Å². The molecule has 0 spiro atoms. The molecule has 53 heavy (non-hydrogen) atoms. The maximum absolute atomic E-state index is 11.6. The lowest BCUT2D eigenvalue weighted by Crippen LogP contribution is -2.15. The Morgan fingerprint density at radius 2 is 1.17 bits per heavy atom. The van der Waals surface area contributed by atoms with Crippen molar-refractivity contribution in [3.63, 3.8) is 0 Å². The summed E-state index contributed by atoms with van der Waals surface area (Å²) in [6.07, 6.45) is 0.808. The monoisotopic (exact) mass is 687 g/mol. The van der Waals surface area contributed by atoms with Gasteiger partial charge in [0.15, 0.2) is 17.5 Å². The number of carbonyl (C=O) groups is 1. The Morgan fingerprint density at radius 3 is 1.85 bits per heavy atom. The van der Waals surface area contributed by atoms with Crippen LogP contribution in [-0.4, -0.2) is 35.5 Å². The van der Waals surface area contributed by atoms with Gasteiger partial charge in [-0.15, -0.1) is 0 Å².